The summed E-state index contributed by atoms with van der Waals surface area (Å²) >= 11 is 0. The zero-order valence-electron chi connectivity index (χ0n) is 17.0. The number of hydrogen-bond donors (Lipinski definition) is 1. The van der Waals surface area contributed by atoms with Gasteiger partial charge < -0.3 is 9.80 Å². The monoisotopic (exact) mass is 432 g/mol. The van der Waals surface area contributed by atoms with Crippen molar-refractivity contribution in [1.82, 2.24) is 14.7 Å². The van der Waals surface area contributed by atoms with E-state index in [1.807, 2.05) is 24.9 Å². The molecular weight excluding hydrogens is 408 g/mol. The van der Waals surface area contributed by atoms with Crippen molar-refractivity contribution in [3.8, 4) is 0 Å². The van der Waals surface area contributed by atoms with Crippen LogP contribution in [0.1, 0.15) is 26.7 Å². The molecule has 0 radical (unpaired) electrons. The summed E-state index contributed by atoms with van der Waals surface area (Å²) in [6, 6.07) is 5.16. The highest BCUT2D eigenvalue weighted by Crippen LogP contribution is 2.36. The molecule has 2 unspecified atom stereocenters. The van der Waals surface area contributed by atoms with E-state index < -0.39 is 22.2 Å². The highest BCUT2D eigenvalue weighted by Gasteiger charge is 2.54. The van der Waals surface area contributed by atoms with Gasteiger partial charge in [-0.05, 0) is 37.6 Å². The van der Waals surface area contributed by atoms with Gasteiger partial charge in [-0.1, -0.05) is 13.3 Å². The molecular formula is C19H24N6O4S. The molecule has 1 saturated heterocycles. The number of unbranched alkanes of at least 4 members (excludes halogenated alkanes) is 1. The molecule has 160 valence electrons. The smallest absolute Gasteiger partial charge is 0.302 e. The zero-order valence-corrected chi connectivity index (χ0v) is 17.8. The summed E-state index contributed by atoms with van der Waals surface area (Å²) < 4.78 is 23.1. The first-order valence-electron chi connectivity index (χ1n) is 9.71. The van der Waals surface area contributed by atoms with Crippen molar-refractivity contribution in [2.24, 2.45) is 10.1 Å². The Morgan fingerprint density at radius 2 is 1.83 bits per heavy atom. The SMILES string of the molecule is CCCCN1C(=O)C2C(N=C3N(c4ccc(S(N)(=O)=O)cc4)C(C)=CN32)N(C)C1=O. The number of carbonyl (C=O) groups excluding carboxylic acids is 2. The van der Waals surface area contributed by atoms with Crippen LogP contribution in [0.3, 0.4) is 0 Å². The maximum atomic E-state index is 13.2. The molecule has 4 rings (SSSR count). The van der Waals surface area contributed by atoms with Crippen molar-refractivity contribution in [2.45, 2.75) is 43.8 Å². The van der Waals surface area contributed by atoms with E-state index in [0.29, 0.717) is 18.2 Å². The zero-order chi connectivity index (χ0) is 21.8. The number of allylic oxidation sites excluding steroid dienone is 1. The third-order valence-electron chi connectivity index (χ3n) is 5.55. The van der Waals surface area contributed by atoms with E-state index >= 15 is 0 Å². The largest absolute Gasteiger partial charge is 0.328 e. The van der Waals surface area contributed by atoms with Crippen LogP contribution in [0.4, 0.5) is 10.5 Å². The number of fused-ring (bicyclic) bond motifs is 3. The number of imide groups is 1. The molecule has 1 fully saturated rings. The lowest BCUT2D eigenvalue weighted by Crippen LogP contribution is -2.64. The molecule has 11 heteroatoms. The average molecular weight is 433 g/mol. The Morgan fingerprint density at radius 3 is 2.43 bits per heavy atom. The number of urea groups is 1. The Labute approximate surface area is 175 Å². The first-order valence-corrected chi connectivity index (χ1v) is 11.3. The molecule has 2 N–H and O–H groups in total. The lowest BCUT2D eigenvalue weighted by Gasteiger charge is -2.40. The maximum Gasteiger partial charge on any atom is 0.328 e. The van der Waals surface area contributed by atoms with Crippen LogP contribution < -0.4 is 10.0 Å². The molecule has 3 aliphatic heterocycles. The number of anilines is 1. The minimum Gasteiger partial charge on any atom is -0.302 e. The lowest BCUT2D eigenvalue weighted by molar-refractivity contribution is -0.136. The van der Waals surface area contributed by atoms with Gasteiger partial charge in [0.1, 0.15) is 0 Å². The quantitative estimate of drug-likeness (QED) is 0.743. The van der Waals surface area contributed by atoms with Crippen molar-refractivity contribution in [3.63, 3.8) is 0 Å². The van der Waals surface area contributed by atoms with Crippen LogP contribution in [0.2, 0.25) is 0 Å². The molecule has 3 amide bonds. The third-order valence-corrected chi connectivity index (χ3v) is 6.48. The van der Waals surface area contributed by atoms with Crippen LogP contribution in [0.15, 0.2) is 46.1 Å². The van der Waals surface area contributed by atoms with Gasteiger partial charge in [0, 0.05) is 31.2 Å². The average Bonchev–Trinajstić information content (AvgIpc) is 3.20. The summed E-state index contributed by atoms with van der Waals surface area (Å²) in [7, 11) is -2.14. The van der Waals surface area contributed by atoms with Gasteiger partial charge in [-0.3, -0.25) is 14.6 Å². The summed E-state index contributed by atoms with van der Waals surface area (Å²) in [5.74, 6) is 0.266. The van der Waals surface area contributed by atoms with Gasteiger partial charge in [0.25, 0.3) is 5.91 Å². The Balaban J connectivity index is 1.67. The second kappa shape index (κ2) is 7.10. The third kappa shape index (κ3) is 3.05. The topological polar surface area (TPSA) is 120 Å². The lowest BCUT2D eigenvalue weighted by atomic mass is 10.1. The van der Waals surface area contributed by atoms with Crippen LogP contribution in [0.5, 0.6) is 0 Å². The van der Waals surface area contributed by atoms with Crippen molar-refractivity contribution in [1.29, 1.82) is 0 Å². The molecule has 0 saturated carbocycles. The van der Waals surface area contributed by atoms with Crippen molar-refractivity contribution in [2.75, 3.05) is 18.5 Å². The van der Waals surface area contributed by atoms with E-state index in [-0.39, 0.29) is 16.8 Å². The normalized spacial score (nSPS) is 23.6. The fraction of sp³-hybridized carbons (Fsp3) is 0.421. The minimum atomic E-state index is -3.79. The number of nitrogens with two attached hydrogens (primary N) is 1. The number of primary sulfonamides is 1. The number of hydrogen-bond acceptors (Lipinski definition) is 7. The Hall–Kier alpha value is -2.92. The van der Waals surface area contributed by atoms with Crippen LogP contribution in [0, 0.1) is 0 Å². The number of nitrogens with zero attached hydrogens (tertiary/aromatic N) is 5. The number of aliphatic imine (C=N–C) groups is 1. The molecule has 1 aromatic carbocycles. The highest BCUT2D eigenvalue weighted by molar-refractivity contribution is 7.89. The summed E-state index contributed by atoms with van der Waals surface area (Å²) in [4.78, 5) is 37.0. The van der Waals surface area contributed by atoms with E-state index in [9.17, 15) is 18.0 Å². The fourth-order valence-electron chi connectivity index (χ4n) is 3.98. The van der Waals surface area contributed by atoms with Crippen LogP contribution in [0.25, 0.3) is 0 Å². The van der Waals surface area contributed by atoms with Gasteiger partial charge in [0.15, 0.2) is 12.2 Å². The van der Waals surface area contributed by atoms with Gasteiger partial charge in [-0.25, -0.2) is 23.3 Å². The predicted molar refractivity (Wildman–Crippen MR) is 111 cm³/mol. The van der Waals surface area contributed by atoms with Crippen molar-refractivity contribution < 1.29 is 18.0 Å². The molecule has 3 heterocycles. The van der Waals surface area contributed by atoms with Gasteiger partial charge in [0.2, 0.25) is 16.0 Å². The maximum absolute atomic E-state index is 13.2. The molecule has 3 aliphatic rings. The number of carbonyl (C=O) groups is 2. The van der Waals surface area contributed by atoms with Gasteiger partial charge in [-0.15, -0.1) is 0 Å². The molecule has 2 atom stereocenters. The summed E-state index contributed by atoms with van der Waals surface area (Å²) in [5.41, 5.74) is 1.50. The first kappa shape index (κ1) is 20.4. The number of sulfonamides is 1. The van der Waals surface area contributed by atoms with Crippen molar-refractivity contribution >= 4 is 33.6 Å². The number of benzene rings is 1. The molecule has 1 aromatic rings. The fourth-order valence-corrected chi connectivity index (χ4v) is 4.50. The Kier molecular flexibility index (Phi) is 4.82. The second-order valence-electron chi connectivity index (χ2n) is 7.58. The van der Waals surface area contributed by atoms with Crippen LogP contribution in [-0.2, 0) is 14.8 Å². The molecule has 0 spiro atoms. The predicted octanol–water partition coefficient (Wildman–Crippen LogP) is 1.08. The van der Waals surface area contributed by atoms with Crippen LogP contribution in [-0.4, -0.2) is 66.8 Å². The van der Waals surface area contributed by atoms with E-state index in [2.05, 4.69) is 4.99 Å². The van der Waals surface area contributed by atoms with Gasteiger partial charge >= 0.3 is 6.03 Å². The Morgan fingerprint density at radius 1 is 1.17 bits per heavy atom. The number of rotatable bonds is 5. The number of guanidine groups is 1. The van der Waals surface area contributed by atoms with Crippen molar-refractivity contribution in [3.05, 3.63) is 36.2 Å². The van der Waals surface area contributed by atoms with E-state index in [1.165, 1.54) is 21.9 Å². The molecule has 0 bridgehead atoms. The summed E-state index contributed by atoms with van der Waals surface area (Å²) in [5, 5.41) is 5.18. The summed E-state index contributed by atoms with van der Waals surface area (Å²) in [6.45, 7) is 4.26. The first-order chi connectivity index (χ1) is 14.1. The highest BCUT2D eigenvalue weighted by atomic mass is 32.2. The number of amides is 3. The molecule has 30 heavy (non-hydrogen) atoms. The summed E-state index contributed by atoms with van der Waals surface area (Å²) in [6.07, 6.45) is 2.83. The Bertz CT molecular complexity index is 1070. The van der Waals surface area contributed by atoms with Gasteiger partial charge in [0.05, 0.1) is 4.90 Å². The van der Waals surface area contributed by atoms with Gasteiger partial charge in [-0.2, -0.15) is 0 Å². The molecule has 0 aliphatic carbocycles. The van der Waals surface area contributed by atoms with Crippen LogP contribution >= 0.6 is 0 Å². The van der Waals surface area contributed by atoms with E-state index in [0.717, 1.165) is 18.5 Å². The molecule has 10 nitrogen and oxygen atoms in total. The second-order valence-corrected chi connectivity index (χ2v) is 9.14. The van der Waals surface area contributed by atoms with E-state index in [1.54, 1.807) is 24.1 Å². The number of likely N-dealkylation sites (N-methyl/N-ethyl adjacent to an activating group) is 1. The minimum absolute atomic E-state index is 0.0121. The standard InChI is InChI=1S/C19H24N6O4S/c1-4-5-10-23-17(26)15-16(22(3)19(23)27)21-18-24(15)11-12(2)25(18)13-6-8-14(9-7-13)30(20,28)29/h6-9,11,15-16H,4-5,10H2,1-3H3,(H2,20,28,29). The van der Waals surface area contributed by atoms with E-state index in [4.69, 9.17) is 5.14 Å². The molecule has 0 aromatic heterocycles.